The van der Waals surface area contributed by atoms with Crippen LogP contribution in [-0.4, -0.2) is 56.2 Å². The number of hydrogen-bond donors (Lipinski definition) is 0. The molecule has 2 aromatic carbocycles. The average molecular weight is 517 g/mol. The van der Waals surface area contributed by atoms with Gasteiger partial charge in [-0.3, -0.25) is 0 Å². The van der Waals surface area contributed by atoms with E-state index < -0.39 is 10.0 Å². The number of aromatic nitrogens is 2. The molecule has 1 saturated heterocycles. The number of benzene rings is 2. The predicted octanol–water partition coefficient (Wildman–Crippen LogP) is 4.04. The van der Waals surface area contributed by atoms with Gasteiger partial charge in [0.05, 0.1) is 12.8 Å². The molecular weight excluding hydrogens is 492 g/mol. The largest absolute Gasteiger partial charge is 0.495 e. The molecule has 0 atom stereocenters. The van der Waals surface area contributed by atoms with Gasteiger partial charge < -0.3 is 9.64 Å². The molecule has 9 heteroatoms. The van der Waals surface area contributed by atoms with Gasteiger partial charge in [0.1, 0.15) is 10.6 Å². The van der Waals surface area contributed by atoms with Gasteiger partial charge in [0, 0.05) is 36.2 Å². The zero-order chi connectivity index (χ0) is 22.9. The molecule has 4 rings (SSSR count). The molecule has 1 aliphatic rings. The fourth-order valence-corrected chi connectivity index (χ4v) is 5.81. The number of nitrogens with zero attached hydrogens (tertiary/aromatic N) is 4. The maximum absolute atomic E-state index is 13.2. The van der Waals surface area contributed by atoms with Crippen molar-refractivity contribution in [3.63, 3.8) is 0 Å². The number of ether oxygens (including phenoxy) is 1. The summed E-state index contributed by atoms with van der Waals surface area (Å²) in [4.78, 5) is 2.22. The summed E-state index contributed by atoms with van der Waals surface area (Å²) >= 11 is 3.35. The van der Waals surface area contributed by atoms with Gasteiger partial charge in [0.2, 0.25) is 10.0 Å². The van der Waals surface area contributed by atoms with E-state index in [-0.39, 0.29) is 4.90 Å². The molecule has 0 unspecified atom stereocenters. The van der Waals surface area contributed by atoms with E-state index in [9.17, 15) is 8.42 Å². The van der Waals surface area contributed by atoms with Crippen molar-refractivity contribution in [3.8, 4) is 17.0 Å². The van der Waals surface area contributed by atoms with Gasteiger partial charge in [-0.1, -0.05) is 28.1 Å². The normalized spacial score (nSPS) is 15.1. The second-order valence-corrected chi connectivity index (χ2v) is 10.6. The third-order valence-electron chi connectivity index (χ3n) is 5.76. The van der Waals surface area contributed by atoms with E-state index in [1.165, 1.54) is 22.5 Å². The van der Waals surface area contributed by atoms with Crippen LogP contribution in [0.2, 0.25) is 0 Å². The van der Waals surface area contributed by atoms with E-state index in [4.69, 9.17) is 4.74 Å². The number of piperazine rings is 1. The molecule has 0 aliphatic carbocycles. The van der Waals surface area contributed by atoms with Crippen LogP contribution in [0.5, 0.6) is 5.75 Å². The number of rotatable bonds is 5. The maximum atomic E-state index is 13.2. The number of sulfonamides is 1. The molecule has 0 radical (unpaired) electrons. The minimum atomic E-state index is -3.67. The third-order valence-corrected chi connectivity index (χ3v) is 8.17. The molecule has 0 saturated carbocycles. The lowest BCUT2D eigenvalue weighted by Gasteiger charge is -2.34. The van der Waals surface area contributed by atoms with E-state index in [2.05, 4.69) is 57.0 Å². The second-order valence-electron chi connectivity index (χ2n) is 7.76. The molecule has 2 heterocycles. The smallest absolute Gasteiger partial charge is 0.246 e. The van der Waals surface area contributed by atoms with Crippen LogP contribution in [-0.2, 0) is 10.0 Å². The predicted molar refractivity (Wildman–Crippen MR) is 129 cm³/mol. The van der Waals surface area contributed by atoms with Crippen LogP contribution >= 0.6 is 15.9 Å². The molecule has 0 spiro atoms. The quantitative estimate of drug-likeness (QED) is 0.509. The van der Waals surface area contributed by atoms with Crippen molar-refractivity contribution in [2.45, 2.75) is 18.7 Å². The molecule has 0 amide bonds. The Morgan fingerprint density at radius 1 is 0.906 bits per heavy atom. The van der Waals surface area contributed by atoms with E-state index in [0.29, 0.717) is 36.4 Å². The van der Waals surface area contributed by atoms with Gasteiger partial charge in [-0.25, -0.2) is 8.42 Å². The van der Waals surface area contributed by atoms with Crippen molar-refractivity contribution in [1.29, 1.82) is 0 Å². The highest BCUT2D eigenvalue weighted by atomic mass is 79.9. The fourth-order valence-electron chi connectivity index (χ4n) is 3.70. The van der Waals surface area contributed by atoms with Crippen LogP contribution in [0.15, 0.2) is 57.9 Å². The first-order valence-electron chi connectivity index (χ1n) is 10.3. The Morgan fingerprint density at radius 3 is 2.28 bits per heavy atom. The standard InChI is InChI=1S/C23H25BrN4O3S/c1-16-4-5-18(14-17(16)2)20-7-9-23(26-25-20)27-10-12-28(13-11-27)32(29,30)22-15-19(24)6-8-21(22)31-3/h4-9,14-15H,10-13H2,1-3H3. The first-order chi connectivity index (χ1) is 15.3. The van der Waals surface area contributed by atoms with Crippen LogP contribution < -0.4 is 9.64 Å². The minimum Gasteiger partial charge on any atom is -0.495 e. The SMILES string of the molecule is COc1ccc(Br)cc1S(=O)(=O)N1CCN(c2ccc(-c3ccc(C)c(C)c3)nn2)CC1. The molecule has 3 aromatic rings. The molecule has 1 aromatic heterocycles. The van der Waals surface area contributed by atoms with Crippen LogP contribution in [0.1, 0.15) is 11.1 Å². The zero-order valence-electron chi connectivity index (χ0n) is 18.2. The number of anilines is 1. The number of aryl methyl sites for hydroxylation is 2. The molecular formula is C23H25BrN4O3S. The number of methoxy groups -OCH3 is 1. The van der Waals surface area contributed by atoms with Crippen LogP contribution in [0, 0.1) is 13.8 Å². The topological polar surface area (TPSA) is 75.6 Å². The van der Waals surface area contributed by atoms with Gasteiger partial charge in [0.15, 0.2) is 5.82 Å². The van der Waals surface area contributed by atoms with Gasteiger partial charge in [-0.05, 0) is 61.4 Å². The maximum Gasteiger partial charge on any atom is 0.246 e. The highest BCUT2D eigenvalue weighted by Crippen LogP contribution is 2.30. The first kappa shape index (κ1) is 22.7. The Bertz CT molecular complexity index is 1220. The van der Waals surface area contributed by atoms with Crippen molar-refractivity contribution < 1.29 is 13.2 Å². The first-order valence-corrected chi connectivity index (χ1v) is 12.5. The third kappa shape index (κ3) is 4.51. The van der Waals surface area contributed by atoms with Crippen molar-refractivity contribution in [2.24, 2.45) is 0 Å². The van der Waals surface area contributed by atoms with Crippen LogP contribution in [0.3, 0.4) is 0 Å². The van der Waals surface area contributed by atoms with Crippen LogP contribution in [0.4, 0.5) is 5.82 Å². The van der Waals surface area contributed by atoms with E-state index in [1.807, 2.05) is 18.2 Å². The lowest BCUT2D eigenvalue weighted by Crippen LogP contribution is -2.49. The summed E-state index contributed by atoms with van der Waals surface area (Å²) in [7, 11) is -2.20. The lowest BCUT2D eigenvalue weighted by atomic mass is 10.0. The van der Waals surface area contributed by atoms with Gasteiger partial charge >= 0.3 is 0 Å². The summed E-state index contributed by atoms with van der Waals surface area (Å²) in [6.45, 7) is 5.95. The van der Waals surface area contributed by atoms with Crippen molar-refractivity contribution in [3.05, 3.63) is 64.1 Å². The second kappa shape index (κ2) is 9.17. The highest BCUT2D eigenvalue weighted by Gasteiger charge is 2.31. The Balaban J connectivity index is 1.47. The molecule has 0 N–H and O–H groups in total. The Hall–Kier alpha value is -2.49. The summed E-state index contributed by atoms with van der Waals surface area (Å²) in [6, 6.07) is 15.1. The van der Waals surface area contributed by atoms with Crippen molar-refractivity contribution >= 4 is 31.8 Å². The summed E-state index contributed by atoms with van der Waals surface area (Å²) in [5.41, 5.74) is 4.31. The molecule has 1 fully saturated rings. The number of hydrogen-bond acceptors (Lipinski definition) is 6. The summed E-state index contributed by atoms with van der Waals surface area (Å²) < 4.78 is 33.8. The van der Waals surface area contributed by atoms with Crippen LogP contribution in [0.25, 0.3) is 11.3 Å². The molecule has 7 nitrogen and oxygen atoms in total. The number of halogens is 1. The molecule has 1 aliphatic heterocycles. The van der Waals surface area contributed by atoms with E-state index in [1.54, 1.807) is 18.2 Å². The molecule has 168 valence electrons. The summed E-state index contributed by atoms with van der Waals surface area (Å²) in [6.07, 6.45) is 0. The lowest BCUT2D eigenvalue weighted by molar-refractivity contribution is 0.373. The summed E-state index contributed by atoms with van der Waals surface area (Å²) in [5.74, 6) is 1.08. The van der Waals surface area contributed by atoms with Gasteiger partial charge in [-0.2, -0.15) is 4.31 Å². The Labute approximate surface area is 197 Å². The average Bonchev–Trinajstić information content (AvgIpc) is 2.81. The zero-order valence-corrected chi connectivity index (χ0v) is 20.6. The van der Waals surface area contributed by atoms with Crippen molar-refractivity contribution in [1.82, 2.24) is 14.5 Å². The molecule has 0 bridgehead atoms. The Morgan fingerprint density at radius 2 is 1.66 bits per heavy atom. The fraction of sp³-hybridized carbons (Fsp3) is 0.304. The Kier molecular flexibility index (Phi) is 6.50. The van der Waals surface area contributed by atoms with E-state index >= 15 is 0 Å². The highest BCUT2D eigenvalue weighted by molar-refractivity contribution is 9.10. The summed E-state index contributed by atoms with van der Waals surface area (Å²) in [5, 5.41) is 8.79. The van der Waals surface area contributed by atoms with Gasteiger partial charge in [-0.15, -0.1) is 10.2 Å². The van der Waals surface area contributed by atoms with E-state index in [0.717, 1.165) is 17.1 Å². The minimum absolute atomic E-state index is 0.167. The van der Waals surface area contributed by atoms with Crippen molar-refractivity contribution in [2.75, 3.05) is 38.2 Å². The monoisotopic (exact) mass is 516 g/mol. The molecule has 32 heavy (non-hydrogen) atoms. The van der Waals surface area contributed by atoms with Gasteiger partial charge in [0.25, 0.3) is 0 Å².